The van der Waals surface area contributed by atoms with Gasteiger partial charge in [-0.15, -0.1) is 24.8 Å². The summed E-state index contributed by atoms with van der Waals surface area (Å²) in [6.07, 6.45) is 1.66. The van der Waals surface area contributed by atoms with E-state index in [4.69, 9.17) is 5.73 Å². The van der Waals surface area contributed by atoms with Crippen LogP contribution in [0.5, 0.6) is 0 Å². The molecule has 0 aliphatic heterocycles. The van der Waals surface area contributed by atoms with Gasteiger partial charge in [0.25, 0.3) is 0 Å². The first-order valence-corrected chi connectivity index (χ1v) is 2.06. The van der Waals surface area contributed by atoms with E-state index in [2.05, 4.69) is 4.98 Å². The van der Waals surface area contributed by atoms with Gasteiger partial charge in [-0.05, 0) is 12.1 Å². The van der Waals surface area contributed by atoms with Crippen LogP contribution in [0.15, 0.2) is 24.4 Å². The van der Waals surface area contributed by atoms with Crippen LogP contribution in [0.25, 0.3) is 0 Å². The standard InChI is InChI=1S/C5H6N2.2ClH/c6-5-3-1-2-4-7-5;;/h1-4H,(H2,6,7);2*1H. The minimum Gasteiger partial charge on any atom is -0.384 e. The fraction of sp³-hybridized carbons (Fsp3) is 0. The summed E-state index contributed by atoms with van der Waals surface area (Å²) in [7, 11) is 0. The molecule has 0 saturated carbocycles. The molecule has 4 heteroatoms. The monoisotopic (exact) mass is 166 g/mol. The number of nitrogens with zero attached hydrogens (tertiary/aromatic N) is 1. The highest BCUT2D eigenvalue weighted by molar-refractivity contribution is 5.85. The second-order valence-electron chi connectivity index (χ2n) is 1.25. The van der Waals surface area contributed by atoms with Crippen molar-refractivity contribution in [2.45, 2.75) is 0 Å². The van der Waals surface area contributed by atoms with E-state index in [0.717, 1.165) is 0 Å². The second-order valence-corrected chi connectivity index (χ2v) is 1.25. The highest BCUT2D eigenvalue weighted by Gasteiger charge is 1.73. The first-order chi connectivity index (χ1) is 3.39. The van der Waals surface area contributed by atoms with Crippen molar-refractivity contribution in [3.8, 4) is 0 Å². The third kappa shape index (κ3) is 4.06. The molecule has 0 aliphatic rings. The first kappa shape index (κ1) is 11.3. The molecular weight excluding hydrogens is 159 g/mol. The molecule has 0 atom stereocenters. The van der Waals surface area contributed by atoms with Crippen LogP contribution in [-0.2, 0) is 0 Å². The Morgan fingerprint density at radius 2 is 1.89 bits per heavy atom. The topological polar surface area (TPSA) is 38.9 Å². The third-order valence-electron chi connectivity index (χ3n) is 0.688. The van der Waals surface area contributed by atoms with Crippen molar-refractivity contribution >= 4 is 30.6 Å². The molecule has 1 heterocycles. The Hall–Kier alpha value is -0.470. The van der Waals surface area contributed by atoms with Gasteiger partial charge in [-0.3, -0.25) is 0 Å². The number of rotatable bonds is 0. The zero-order valence-corrected chi connectivity index (χ0v) is 6.28. The van der Waals surface area contributed by atoms with Gasteiger partial charge >= 0.3 is 0 Å². The van der Waals surface area contributed by atoms with E-state index < -0.39 is 0 Å². The van der Waals surface area contributed by atoms with Crippen LogP contribution in [-0.4, -0.2) is 4.98 Å². The number of nitrogen functional groups attached to an aromatic ring is 1. The van der Waals surface area contributed by atoms with Gasteiger partial charge in [0.05, 0.1) is 0 Å². The van der Waals surface area contributed by atoms with Crippen molar-refractivity contribution < 1.29 is 0 Å². The zero-order valence-electron chi connectivity index (χ0n) is 4.65. The predicted molar refractivity (Wildman–Crippen MR) is 43.1 cm³/mol. The maximum atomic E-state index is 5.25. The van der Waals surface area contributed by atoms with Crippen LogP contribution in [0, 0.1) is 0 Å². The Bertz CT molecular complexity index is 143. The van der Waals surface area contributed by atoms with Crippen molar-refractivity contribution in [2.24, 2.45) is 0 Å². The summed E-state index contributed by atoms with van der Waals surface area (Å²) < 4.78 is 0. The van der Waals surface area contributed by atoms with Gasteiger partial charge < -0.3 is 5.73 Å². The normalized spacial score (nSPS) is 6.67. The quantitative estimate of drug-likeness (QED) is 0.635. The lowest BCUT2D eigenvalue weighted by atomic mass is 10.5. The number of hydrogen-bond acceptors (Lipinski definition) is 2. The zero-order chi connectivity index (χ0) is 5.11. The van der Waals surface area contributed by atoms with Crippen molar-refractivity contribution in [3.05, 3.63) is 24.4 Å². The minimum absolute atomic E-state index is 0. The number of aromatic nitrogens is 1. The van der Waals surface area contributed by atoms with Crippen LogP contribution in [0.3, 0.4) is 0 Å². The Kier molecular flexibility index (Phi) is 7.14. The molecule has 1 aromatic heterocycles. The Morgan fingerprint density at radius 3 is 2.11 bits per heavy atom. The lowest BCUT2D eigenvalue weighted by Gasteiger charge is -1.82. The lowest BCUT2D eigenvalue weighted by molar-refractivity contribution is 1.34. The lowest BCUT2D eigenvalue weighted by Crippen LogP contribution is -1.85. The summed E-state index contributed by atoms with van der Waals surface area (Å²) in [5, 5.41) is 0. The van der Waals surface area contributed by atoms with Gasteiger partial charge in [-0.1, -0.05) is 6.07 Å². The fourth-order valence-corrected chi connectivity index (χ4v) is 0.376. The van der Waals surface area contributed by atoms with Gasteiger partial charge in [0.15, 0.2) is 0 Å². The third-order valence-corrected chi connectivity index (χ3v) is 0.688. The summed E-state index contributed by atoms with van der Waals surface area (Å²) in [5.41, 5.74) is 5.25. The van der Waals surface area contributed by atoms with Crippen molar-refractivity contribution in [2.75, 3.05) is 5.73 Å². The molecule has 2 N–H and O–H groups in total. The molecular formula is C5H8Cl2N2. The molecule has 2 nitrogen and oxygen atoms in total. The SMILES string of the molecule is Cl.Cl.Nc1ccccn1. The Labute approximate surface area is 66.3 Å². The van der Waals surface area contributed by atoms with Crippen LogP contribution < -0.4 is 5.73 Å². The highest BCUT2D eigenvalue weighted by Crippen LogP contribution is 1.89. The molecule has 0 spiro atoms. The molecule has 0 bridgehead atoms. The Balaban J connectivity index is 0. The Morgan fingerprint density at radius 1 is 1.22 bits per heavy atom. The molecule has 0 fully saturated rings. The average molecular weight is 167 g/mol. The van der Waals surface area contributed by atoms with Gasteiger partial charge in [-0.25, -0.2) is 4.98 Å². The molecule has 1 aromatic rings. The van der Waals surface area contributed by atoms with E-state index in [1.54, 1.807) is 12.3 Å². The number of hydrogen-bond donors (Lipinski definition) is 1. The number of halogens is 2. The van der Waals surface area contributed by atoms with Crippen LogP contribution in [0.1, 0.15) is 0 Å². The molecule has 9 heavy (non-hydrogen) atoms. The number of pyridine rings is 1. The highest BCUT2D eigenvalue weighted by atomic mass is 35.5. The van der Waals surface area contributed by atoms with E-state index in [1.807, 2.05) is 12.1 Å². The van der Waals surface area contributed by atoms with Crippen molar-refractivity contribution in [1.29, 1.82) is 0 Å². The maximum absolute atomic E-state index is 5.25. The molecule has 52 valence electrons. The van der Waals surface area contributed by atoms with E-state index in [9.17, 15) is 0 Å². The molecule has 0 amide bonds. The second kappa shape index (κ2) is 5.66. The molecule has 0 aliphatic carbocycles. The van der Waals surface area contributed by atoms with Gasteiger partial charge in [-0.2, -0.15) is 0 Å². The molecule has 1 rings (SSSR count). The minimum atomic E-state index is 0. The van der Waals surface area contributed by atoms with Crippen molar-refractivity contribution in [1.82, 2.24) is 4.98 Å². The molecule has 0 radical (unpaired) electrons. The van der Waals surface area contributed by atoms with E-state index in [1.165, 1.54) is 0 Å². The van der Waals surface area contributed by atoms with E-state index in [0.29, 0.717) is 5.82 Å². The summed E-state index contributed by atoms with van der Waals surface area (Å²) in [6, 6.07) is 5.43. The van der Waals surface area contributed by atoms with E-state index >= 15 is 0 Å². The summed E-state index contributed by atoms with van der Waals surface area (Å²) in [4.78, 5) is 3.76. The van der Waals surface area contributed by atoms with Crippen LogP contribution in [0.2, 0.25) is 0 Å². The van der Waals surface area contributed by atoms with Gasteiger partial charge in [0.1, 0.15) is 5.82 Å². The van der Waals surface area contributed by atoms with Gasteiger partial charge in [0.2, 0.25) is 0 Å². The van der Waals surface area contributed by atoms with Crippen LogP contribution in [0.4, 0.5) is 5.82 Å². The van der Waals surface area contributed by atoms with Crippen LogP contribution >= 0.6 is 24.8 Å². The molecule has 0 aromatic carbocycles. The smallest absolute Gasteiger partial charge is 0.123 e. The molecule has 0 saturated heterocycles. The first-order valence-electron chi connectivity index (χ1n) is 2.06. The summed E-state index contributed by atoms with van der Waals surface area (Å²) in [5.74, 6) is 0.572. The summed E-state index contributed by atoms with van der Waals surface area (Å²) >= 11 is 0. The van der Waals surface area contributed by atoms with Gasteiger partial charge in [0, 0.05) is 6.20 Å². The average Bonchev–Trinajstić information content (AvgIpc) is 1.69. The predicted octanol–water partition coefficient (Wildman–Crippen LogP) is 1.51. The van der Waals surface area contributed by atoms with Crippen molar-refractivity contribution in [3.63, 3.8) is 0 Å². The summed E-state index contributed by atoms with van der Waals surface area (Å²) in [6.45, 7) is 0. The largest absolute Gasteiger partial charge is 0.384 e. The number of nitrogens with two attached hydrogens (primary N) is 1. The number of anilines is 1. The van der Waals surface area contributed by atoms with E-state index in [-0.39, 0.29) is 24.8 Å². The maximum Gasteiger partial charge on any atom is 0.123 e. The molecule has 0 unspecified atom stereocenters. The fourth-order valence-electron chi connectivity index (χ4n) is 0.376.